The van der Waals surface area contributed by atoms with Gasteiger partial charge in [0, 0.05) is 6.07 Å². The van der Waals surface area contributed by atoms with E-state index >= 15 is 0 Å². The number of ether oxygens (including phenoxy) is 2. The van der Waals surface area contributed by atoms with Crippen LogP contribution in [-0.2, 0) is 14.3 Å². The Kier molecular flexibility index (Phi) is 6.27. The lowest BCUT2D eigenvalue weighted by molar-refractivity contribution is -0.155. The van der Waals surface area contributed by atoms with Crippen molar-refractivity contribution < 1.29 is 27.8 Å². The van der Waals surface area contributed by atoms with Crippen molar-refractivity contribution in [3.63, 3.8) is 0 Å². The molecule has 5 nitrogen and oxygen atoms in total. The predicted octanol–water partition coefficient (Wildman–Crippen LogP) is 3.53. The molecule has 0 aromatic heterocycles. The minimum Gasteiger partial charge on any atom is -0.482 e. The molecule has 0 radical (unpaired) electrons. The zero-order valence-electron chi connectivity index (χ0n) is 14.6. The fraction of sp³-hybridized carbons (Fsp3) is 0.263. The van der Waals surface area contributed by atoms with Gasteiger partial charge in [0.1, 0.15) is 17.4 Å². The Morgan fingerprint density at radius 2 is 1.88 bits per heavy atom. The number of hydrogen-bond donors (Lipinski definition) is 1. The Bertz CT molecular complexity index is 823. The van der Waals surface area contributed by atoms with Gasteiger partial charge in [-0.2, -0.15) is 0 Å². The Labute approximate surface area is 149 Å². The number of hydrogen-bond acceptors (Lipinski definition) is 4. The molecule has 0 unspecified atom stereocenters. The van der Waals surface area contributed by atoms with Gasteiger partial charge in [0.2, 0.25) is 0 Å². The van der Waals surface area contributed by atoms with E-state index in [-0.39, 0.29) is 12.3 Å². The van der Waals surface area contributed by atoms with Gasteiger partial charge in [-0.3, -0.25) is 4.79 Å². The van der Waals surface area contributed by atoms with Gasteiger partial charge in [-0.1, -0.05) is 12.1 Å². The summed E-state index contributed by atoms with van der Waals surface area (Å²) in [5.74, 6) is -2.49. The van der Waals surface area contributed by atoms with Crippen molar-refractivity contribution >= 4 is 17.6 Å². The van der Waals surface area contributed by atoms with Gasteiger partial charge in [0.25, 0.3) is 5.91 Å². The molecule has 1 amide bonds. The number of nitrogens with one attached hydrogen (secondary N) is 1. The lowest BCUT2D eigenvalue weighted by Gasteiger charge is -2.15. The molecular formula is C19H19F2NO4. The van der Waals surface area contributed by atoms with Gasteiger partial charge in [0.15, 0.2) is 12.7 Å². The van der Waals surface area contributed by atoms with Crippen LogP contribution in [0.3, 0.4) is 0 Å². The van der Waals surface area contributed by atoms with Crippen LogP contribution in [0.4, 0.5) is 14.5 Å². The van der Waals surface area contributed by atoms with Crippen molar-refractivity contribution in [1.29, 1.82) is 0 Å². The first-order valence-electron chi connectivity index (χ1n) is 7.92. The highest BCUT2D eigenvalue weighted by atomic mass is 19.1. The van der Waals surface area contributed by atoms with E-state index in [1.165, 1.54) is 6.92 Å². The highest BCUT2D eigenvalue weighted by molar-refractivity contribution is 5.95. The molecule has 26 heavy (non-hydrogen) atoms. The van der Waals surface area contributed by atoms with E-state index in [2.05, 4.69) is 5.32 Å². The van der Waals surface area contributed by atoms with E-state index in [0.29, 0.717) is 5.75 Å². The third-order valence-corrected chi connectivity index (χ3v) is 3.76. The van der Waals surface area contributed by atoms with Crippen LogP contribution in [-0.4, -0.2) is 24.6 Å². The van der Waals surface area contributed by atoms with Gasteiger partial charge in [-0.05, 0) is 50.1 Å². The number of carbonyl (C=O) groups excluding carboxylic acids is 2. The molecule has 0 fully saturated rings. The van der Waals surface area contributed by atoms with Gasteiger partial charge in [-0.15, -0.1) is 0 Å². The van der Waals surface area contributed by atoms with E-state index in [4.69, 9.17) is 9.47 Å². The second-order valence-corrected chi connectivity index (χ2v) is 5.73. The monoisotopic (exact) mass is 363 g/mol. The summed E-state index contributed by atoms with van der Waals surface area (Å²) in [7, 11) is 0. The first-order chi connectivity index (χ1) is 12.3. The summed E-state index contributed by atoms with van der Waals surface area (Å²) < 4.78 is 37.0. The highest BCUT2D eigenvalue weighted by Gasteiger charge is 2.20. The maximum atomic E-state index is 13.5. The zero-order chi connectivity index (χ0) is 19.3. The molecule has 1 N–H and O–H groups in total. The summed E-state index contributed by atoms with van der Waals surface area (Å²) >= 11 is 0. The largest absolute Gasteiger partial charge is 0.482 e. The van der Waals surface area contributed by atoms with Crippen LogP contribution in [0.15, 0.2) is 36.4 Å². The van der Waals surface area contributed by atoms with Gasteiger partial charge in [0.05, 0.1) is 5.69 Å². The smallest absolute Gasteiger partial charge is 0.344 e. The number of amides is 1. The molecule has 1 atom stereocenters. The number of halogens is 2. The van der Waals surface area contributed by atoms with Crippen LogP contribution >= 0.6 is 0 Å². The summed E-state index contributed by atoms with van der Waals surface area (Å²) in [5.41, 5.74) is 1.58. The molecular weight excluding hydrogens is 344 g/mol. The Morgan fingerprint density at radius 1 is 1.15 bits per heavy atom. The Morgan fingerprint density at radius 3 is 2.62 bits per heavy atom. The summed E-state index contributed by atoms with van der Waals surface area (Å²) in [6, 6.07) is 8.09. The summed E-state index contributed by atoms with van der Waals surface area (Å²) in [6.45, 7) is 4.72. The molecule has 0 bridgehead atoms. The number of carbonyl (C=O) groups is 2. The van der Waals surface area contributed by atoms with Crippen LogP contribution in [0.1, 0.15) is 18.1 Å². The number of benzene rings is 2. The summed E-state index contributed by atoms with van der Waals surface area (Å²) in [4.78, 5) is 23.8. The van der Waals surface area contributed by atoms with Gasteiger partial charge in [-0.25, -0.2) is 13.6 Å². The molecule has 0 aliphatic rings. The third-order valence-electron chi connectivity index (χ3n) is 3.76. The van der Waals surface area contributed by atoms with Crippen LogP contribution in [0.5, 0.6) is 5.75 Å². The average molecular weight is 363 g/mol. The minimum absolute atomic E-state index is 0.329. The topological polar surface area (TPSA) is 64.6 Å². The normalized spacial score (nSPS) is 11.6. The Hall–Kier alpha value is -2.96. The van der Waals surface area contributed by atoms with E-state index < -0.39 is 29.6 Å². The molecule has 138 valence electrons. The SMILES string of the molecule is Cc1cccc(OCC(=O)O[C@H](C)C(=O)Nc2cc(F)ccc2F)c1C. The number of anilines is 1. The second kappa shape index (κ2) is 8.42. The van der Waals surface area contributed by atoms with Crippen molar-refractivity contribution in [2.45, 2.75) is 26.9 Å². The lowest BCUT2D eigenvalue weighted by Crippen LogP contribution is -2.32. The molecule has 0 aliphatic heterocycles. The predicted molar refractivity (Wildman–Crippen MR) is 92.0 cm³/mol. The van der Waals surface area contributed by atoms with E-state index in [0.717, 1.165) is 29.3 Å². The van der Waals surface area contributed by atoms with Crippen molar-refractivity contribution in [2.24, 2.45) is 0 Å². The lowest BCUT2D eigenvalue weighted by atomic mass is 10.1. The van der Waals surface area contributed by atoms with Gasteiger partial charge < -0.3 is 14.8 Å². The second-order valence-electron chi connectivity index (χ2n) is 5.73. The molecule has 2 aromatic carbocycles. The highest BCUT2D eigenvalue weighted by Crippen LogP contribution is 2.20. The molecule has 7 heteroatoms. The quantitative estimate of drug-likeness (QED) is 0.798. The first kappa shape index (κ1) is 19.4. The molecule has 0 saturated heterocycles. The van der Waals surface area contributed by atoms with E-state index in [1.54, 1.807) is 12.1 Å². The third kappa shape index (κ3) is 5.02. The molecule has 0 spiro atoms. The maximum absolute atomic E-state index is 13.5. The fourth-order valence-corrected chi connectivity index (χ4v) is 2.13. The van der Waals surface area contributed by atoms with Crippen molar-refractivity contribution in [3.8, 4) is 5.75 Å². The molecule has 0 heterocycles. The molecule has 2 aromatic rings. The van der Waals surface area contributed by atoms with E-state index in [1.807, 2.05) is 19.9 Å². The fourth-order valence-electron chi connectivity index (χ4n) is 2.13. The summed E-state index contributed by atoms with van der Waals surface area (Å²) in [6.07, 6.45) is -1.20. The van der Waals surface area contributed by atoms with Crippen LogP contribution in [0.2, 0.25) is 0 Å². The van der Waals surface area contributed by atoms with Crippen LogP contribution < -0.4 is 10.1 Å². The van der Waals surface area contributed by atoms with Crippen LogP contribution in [0.25, 0.3) is 0 Å². The van der Waals surface area contributed by atoms with Crippen molar-refractivity contribution in [1.82, 2.24) is 0 Å². The average Bonchev–Trinajstić information content (AvgIpc) is 2.59. The number of esters is 1. The Balaban J connectivity index is 1.89. The number of rotatable bonds is 6. The molecule has 2 rings (SSSR count). The molecule has 0 aliphatic carbocycles. The van der Waals surface area contributed by atoms with Crippen molar-refractivity contribution in [2.75, 3.05) is 11.9 Å². The minimum atomic E-state index is -1.20. The van der Waals surface area contributed by atoms with Crippen molar-refractivity contribution in [3.05, 3.63) is 59.2 Å². The summed E-state index contributed by atoms with van der Waals surface area (Å²) in [5, 5.41) is 2.17. The van der Waals surface area contributed by atoms with Gasteiger partial charge >= 0.3 is 5.97 Å². The number of aryl methyl sites for hydroxylation is 1. The zero-order valence-corrected chi connectivity index (χ0v) is 14.6. The van der Waals surface area contributed by atoms with Crippen LogP contribution in [0, 0.1) is 25.5 Å². The molecule has 0 saturated carbocycles. The standard InChI is InChI=1S/C19H19F2NO4/c1-11-5-4-6-17(12(11)2)25-10-18(23)26-13(3)19(24)22-16-9-14(20)7-8-15(16)21/h4-9,13H,10H2,1-3H3,(H,22,24)/t13-/m1/s1. The maximum Gasteiger partial charge on any atom is 0.344 e. The first-order valence-corrected chi connectivity index (χ1v) is 7.92. The van der Waals surface area contributed by atoms with E-state index in [9.17, 15) is 18.4 Å².